The van der Waals surface area contributed by atoms with Crippen LogP contribution in [-0.2, 0) is 10.3 Å². The molecule has 1 fully saturated rings. The third kappa shape index (κ3) is 2.37. The van der Waals surface area contributed by atoms with Crippen LogP contribution in [0.1, 0.15) is 18.9 Å². The monoisotopic (exact) mass is 335 g/mol. The van der Waals surface area contributed by atoms with Gasteiger partial charge in [0.2, 0.25) is 11.9 Å². The Bertz CT molecular complexity index is 914. The van der Waals surface area contributed by atoms with E-state index in [1.165, 1.54) is 15.0 Å². The number of rotatable bonds is 2. The van der Waals surface area contributed by atoms with Crippen LogP contribution >= 0.6 is 11.3 Å². The molecule has 0 saturated carbocycles. The Morgan fingerprint density at radius 3 is 2.71 bits per heavy atom. The molecule has 2 heterocycles. The van der Waals surface area contributed by atoms with Gasteiger partial charge in [-0.2, -0.15) is 0 Å². The van der Waals surface area contributed by atoms with Gasteiger partial charge in [-0.05, 0) is 53.6 Å². The van der Waals surface area contributed by atoms with Crippen LogP contribution in [0.2, 0.25) is 0 Å². The maximum absolute atomic E-state index is 12.8. The number of carbonyl (C=O) groups is 1. The zero-order valence-electron chi connectivity index (χ0n) is 13.2. The van der Waals surface area contributed by atoms with Crippen LogP contribution in [0.4, 0.5) is 5.69 Å². The number of hydrogen-bond acceptors (Lipinski definition) is 3. The minimum Gasteiger partial charge on any atom is -0.346 e. The maximum Gasteiger partial charge on any atom is 0.236 e. The molecule has 0 aliphatic carbocycles. The van der Waals surface area contributed by atoms with Crippen LogP contribution in [0.25, 0.3) is 10.1 Å². The third-order valence-electron chi connectivity index (χ3n) is 4.48. The van der Waals surface area contributed by atoms with E-state index in [2.05, 4.69) is 28.9 Å². The van der Waals surface area contributed by atoms with Crippen molar-refractivity contribution in [1.29, 1.82) is 5.41 Å². The van der Waals surface area contributed by atoms with E-state index in [-0.39, 0.29) is 11.9 Å². The van der Waals surface area contributed by atoms with Gasteiger partial charge in [-0.25, -0.2) is 0 Å². The minimum absolute atomic E-state index is 0.0714. The molecule has 4 rings (SSSR count). The Labute approximate surface area is 144 Å². The summed E-state index contributed by atoms with van der Waals surface area (Å²) in [6, 6.07) is 17.6. The number of amides is 1. The summed E-state index contributed by atoms with van der Waals surface area (Å²) in [5, 5.41) is 14.8. The molecule has 24 heavy (non-hydrogen) atoms. The second-order valence-electron chi connectivity index (χ2n) is 6.22. The molecule has 2 N–H and O–H groups in total. The smallest absolute Gasteiger partial charge is 0.236 e. The molecule has 1 aliphatic heterocycles. The molecule has 0 spiro atoms. The van der Waals surface area contributed by atoms with Crippen molar-refractivity contribution in [2.24, 2.45) is 0 Å². The fourth-order valence-corrected chi connectivity index (χ4v) is 3.97. The molecule has 1 atom stereocenters. The lowest BCUT2D eigenvalue weighted by molar-refractivity contribution is -0.119. The summed E-state index contributed by atoms with van der Waals surface area (Å²) in [4.78, 5) is 14.2. The topological polar surface area (TPSA) is 56.2 Å². The molecular formula is C19H17N3OS. The Morgan fingerprint density at radius 2 is 1.96 bits per heavy atom. The lowest BCUT2D eigenvalue weighted by Crippen LogP contribution is -2.59. The van der Waals surface area contributed by atoms with Gasteiger partial charge in [0.25, 0.3) is 0 Å². The van der Waals surface area contributed by atoms with Crippen molar-refractivity contribution in [3.8, 4) is 0 Å². The second-order valence-corrected chi connectivity index (χ2v) is 7.17. The van der Waals surface area contributed by atoms with E-state index >= 15 is 0 Å². The van der Waals surface area contributed by atoms with E-state index in [0.29, 0.717) is 6.42 Å². The summed E-state index contributed by atoms with van der Waals surface area (Å²) in [6.07, 6.45) is 0.305. The van der Waals surface area contributed by atoms with E-state index in [1.54, 1.807) is 11.3 Å². The quantitative estimate of drug-likeness (QED) is 0.741. The Morgan fingerprint density at radius 1 is 1.17 bits per heavy atom. The molecule has 3 aromatic rings. The zero-order chi connectivity index (χ0) is 16.7. The van der Waals surface area contributed by atoms with Gasteiger partial charge in [-0.1, -0.05) is 24.3 Å². The molecule has 2 aromatic carbocycles. The number of nitrogens with zero attached hydrogens (tertiary/aromatic N) is 1. The van der Waals surface area contributed by atoms with Crippen molar-refractivity contribution in [3.05, 3.63) is 65.5 Å². The number of carbonyl (C=O) groups excluding carboxylic acids is 1. The van der Waals surface area contributed by atoms with Crippen molar-refractivity contribution >= 4 is 39.0 Å². The van der Waals surface area contributed by atoms with Crippen LogP contribution in [-0.4, -0.2) is 11.9 Å². The summed E-state index contributed by atoms with van der Waals surface area (Å²) in [5.74, 6) is 0.0447. The number of hydrogen-bond donors (Lipinski definition) is 2. The largest absolute Gasteiger partial charge is 0.346 e. The third-order valence-corrected chi connectivity index (χ3v) is 5.37. The number of thiophene rings is 1. The second kappa shape index (κ2) is 5.46. The van der Waals surface area contributed by atoms with Gasteiger partial charge in [-0.15, -0.1) is 11.3 Å². The average molecular weight is 335 g/mol. The summed E-state index contributed by atoms with van der Waals surface area (Å²) >= 11 is 1.70. The maximum atomic E-state index is 12.8. The summed E-state index contributed by atoms with van der Waals surface area (Å²) in [7, 11) is 0. The normalized spacial score (nSPS) is 21.1. The SMILES string of the molecule is C[C@@]1(c2ccc3sccc3c2)CC(=O)N(c2ccccc2)C(=N)N1. The number of guanidine groups is 1. The first kappa shape index (κ1) is 14.9. The molecule has 0 unspecified atom stereocenters. The van der Waals surface area contributed by atoms with Gasteiger partial charge in [0.05, 0.1) is 17.6 Å². The van der Waals surface area contributed by atoms with Gasteiger partial charge in [0.1, 0.15) is 0 Å². The predicted molar refractivity (Wildman–Crippen MR) is 98.6 cm³/mol. The lowest BCUT2D eigenvalue weighted by Gasteiger charge is -2.41. The van der Waals surface area contributed by atoms with Crippen LogP contribution in [0.15, 0.2) is 60.0 Å². The van der Waals surface area contributed by atoms with Gasteiger partial charge in [-0.3, -0.25) is 15.1 Å². The van der Waals surface area contributed by atoms with E-state index in [9.17, 15) is 4.79 Å². The highest BCUT2D eigenvalue weighted by Gasteiger charge is 2.40. The van der Waals surface area contributed by atoms with Crippen molar-refractivity contribution < 1.29 is 4.79 Å². The van der Waals surface area contributed by atoms with Crippen molar-refractivity contribution in [2.75, 3.05) is 4.90 Å². The first-order valence-electron chi connectivity index (χ1n) is 7.79. The summed E-state index contributed by atoms with van der Waals surface area (Å²) in [5.41, 5.74) is 1.17. The number of fused-ring (bicyclic) bond motifs is 1. The van der Waals surface area contributed by atoms with Gasteiger partial charge >= 0.3 is 0 Å². The number of benzene rings is 2. The van der Waals surface area contributed by atoms with Crippen molar-refractivity contribution in [3.63, 3.8) is 0 Å². The molecule has 5 heteroatoms. The molecule has 1 saturated heterocycles. The standard InChI is InChI=1S/C19H17N3OS/c1-19(14-7-8-16-13(11-14)9-10-24-16)12-17(23)22(18(20)21-19)15-5-3-2-4-6-15/h2-11H,12H2,1H3,(H2,20,21)/t19-/m0/s1. The highest BCUT2D eigenvalue weighted by atomic mass is 32.1. The lowest BCUT2D eigenvalue weighted by atomic mass is 9.86. The molecule has 1 aliphatic rings. The highest BCUT2D eigenvalue weighted by molar-refractivity contribution is 7.17. The van der Waals surface area contributed by atoms with E-state index < -0.39 is 5.54 Å². The Kier molecular flexibility index (Phi) is 3.39. The summed E-state index contributed by atoms with van der Waals surface area (Å²) in [6.45, 7) is 1.98. The van der Waals surface area contributed by atoms with Crippen LogP contribution in [0, 0.1) is 5.41 Å². The number of nitrogens with one attached hydrogen (secondary N) is 2. The van der Waals surface area contributed by atoms with Gasteiger partial charge in [0.15, 0.2) is 0 Å². The van der Waals surface area contributed by atoms with E-state index in [0.717, 1.165) is 11.3 Å². The van der Waals surface area contributed by atoms with Crippen LogP contribution < -0.4 is 10.2 Å². The zero-order valence-corrected chi connectivity index (χ0v) is 14.1. The number of anilines is 1. The van der Waals surface area contributed by atoms with Crippen molar-refractivity contribution in [1.82, 2.24) is 5.32 Å². The van der Waals surface area contributed by atoms with Crippen LogP contribution in [0.3, 0.4) is 0 Å². The molecular weight excluding hydrogens is 318 g/mol. The first-order valence-corrected chi connectivity index (χ1v) is 8.67. The Balaban J connectivity index is 1.69. The fourth-order valence-electron chi connectivity index (χ4n) is 3.20. The minimum atomic E-state index is -0.574. The molecule has 0 radical (unpaired) electrons. The molecule has 0 bridgehead atoms. The first-order chi connectivity index (χ1) is 11.6. The van der Waals surface area contributed by atoms with E-state index in [4.69, 9.17) is 5.41 Å². The number of para-hydroxylation sites is 1. The fraction of sp³-hybridized carbons (Fsp3) is 0.158. The molecule has 1 amide bonds. The molecule has 120 valence electrons. The average Bonchev–Trinajstić information content (AvgIpc) is 3.02. The van der Waals surface area contributed by atoms with Gasteiger partial charge < -0.3 is 5.32 Å². The summed E-state index contributed by atoms with van der Waals surface area (Å²) < 4.78 is 1.23. The van der Waals surface area contributed by atoms with Crippen molar-refractivity contribution in [2.45, 2.75) is 18.9 Å². The predicted octanol–water partition coefficient (Wildman–Crippen LogP) is 4.08. The Hall–Kier alpha value is -2.66. The highest BCUT2D eigenvalue weighted by Crippen LogP contribution is 2.33. The van der Waals surface area contributed by atoms with E-state index in [1.807, 2.05) is 43.3 Å². The molecule has 1 aromatic heterocycles. The van der Waals surface area contributed by atoms with Crippen LogP contribution in [0.5, 0.6) is 0 Å². The molecule has 4 nitrogen and oxygen atoms in total. The van der Waals surface area contributed by atoms with Gasteiger partial charge in [0, 0.05) is 4.70 Å².